The molecule has 0 saturated carbocycles. The third-order valence-corrected chi connectivity index (χ3v) is 3.92. The van der Waals surface area contributed by atoms with Gasteiger partial charge in [0, 0.05) is 36.8 Å². The zero-order valence-electron chi connectivity index (χ0n) is 15.8. The molecule has 0 bridgehead atoms. The van der Waals surface area contributed by atoms with E-state index in [0.29, 0.717) is 16.9 Å². The number of hydrogen-bond donors (Lipinski definition) is 3. The maximum absolute atomic E-state index is 12.6. The average molecular weight is 367 g/mol. The highest BCUT2D eigenvalue weighted by Crippen LogP contribution is 2.20. The van der Waals surface area contributed by atoms with E-state index >= 15 is 0 Å². The number of amides is 3. The van der Waals surface area contributed by atoms with E-state index in [1.165, 1.54) is 19.4 Å². The number of anilines is 2. The molecule has 2 aromatic carbocycles. The Bertz CT molecular complexity index is 784. The molecule has 0 radical (unpaired) electrons. The zero-order chi connectivity index (χ0) is 19.8. The summed E-state index contributed by atoms with van der Waals surface area (Å²) in [4.78, 5) is 35.3. The van der Waals surface area contributed by atoms with Gasteiger partial charge in [-0.1, -0.05) is 30.3 Å². The Labute approximate surface area is 159 Å². The number of nitrogens with one attached hydrogen (secondary N) is 3. The Morgan fingerprint density at radius 1 is 0.889 bits per heavy atom. The third-order valence-electron chi connectivity index (χ3n) is 3.92. The molecular formula is C21H25N3O3. The summed E-state index contributed by atoms with van der Waals surface area (Å²) in [5.74, 6) is -0.760. The zero-order valence-corrected chi connectivity index (χ0v) is 15.8. The lowest BCUT2D eigenvalue weighted by molar-refractivity contribution is -0.115. The molecular weight excluding hydrogens is 342 g/mol. The van der Waals surface area contributed by atoms with Gasteiger partial charge in [0.25, 0.3) is 5.91 Å². The first-order valence-electron chi connectivity index (χ1n) is 8.88. The summed E-state index contributed by atoms with van der Waals surface area (Å²) in [7, 11) is 0. The molecule has 1 unspecified atom stereocenters. The second kappa shape index (κ2) is 9.52. The van der Waals surface area contributed by atoms with Crippen molar-refractivity contribution < 1.29 is 14.4 Å². The Kier molecular flexibility index (Phi) is 7.11. The maximum Gasteiger partial charge on any atom is 0.251 e. The summed E-state index contributed by atoms with van der Waals surface area (Å²) < 4.78 is 0. The van der Waals surface area contributed by atoms with Gasteiger partial charge in [-0.15, -0.1) is 0 Å². The van der Waals surface area contributed by atoms with Crippen molar-refractivity contribution >= 4 is 29.1 Å². The topological polar surface area (TPSA) is 87.3 Å². The Hall–Kier alpha value is -3.15. The van der Waals surface area contributed by atoms with Crippen molar-refractivity contribution in [1.82, 2.24) is 5.32 Å². The predicted molar refractivity (Wildman–Crippen MR) is 107 cm³/mol. The molecule has 142 valence electrons. The van der Waals surface area contributed by atoms with Gasteiger partial charge < -0.3 is 16.0 Å². The van der Waals surface area contributed by atoms with Crippen LogP contribution in [0.25, 0.3) is 0 Å². The van der Waals surface area contributed by atoms with E-state index in [9.17, 15) is 14.4 Å². The van der Waals surface area contributed by atoms with Crippen molar-refractivity contribution in [1.29, 1.82) is 0 Å². The third kappa shape index (κ3) is 6.93. The van der Waals surface area contributed by atoms with Crippen LogP contribution in [0.15, 0.2) is 48.5 Å². The molecule has 1 atom stereocenters. The lowest BCUT2D eigenvalue weighted by atomic mass is 10.1. The van der Waals surface area contributed by atoms with Crippen LogP contribution in [-0.2, 0) is 16.0 Å². The van der Waals surface area contributed by atoms with Crippen molar-refractivity contribution in [3.8, 4) is 0 Å². The van der Waals surface area contributed by atoms with Gasteiger partial charge in [0.1, 0.15) is 0 Å². The molecule has 3 amide bonds. The number of rotatable bonds is 7. The molecule has 0 spiro atoms. The number of carbonyl (C=O) groups is 3. The summed E-state index contributed by atoms with van der Waals surface area (Å²) in [5, 5.41) is 8.25. The van der Waals surface area contributed by atoms with E-state index in [1.807, 2.05) is 25.1 Å². The molecule has 0 aliphatic heterocycles. The van der Waals surface area contributed by atoms with Crippen molar-refractivity contribution in [2.45, 2.75) is 39.7 Å². The molecule has 2 rings (SSSR count). The van der Waals surface area contributed by atoms with Gasteiger partial charge in [-0.3, -0.25) is 14.4 Å². The normalized spacial score (nSPS) is 11.4. The summed E-state index contributed by atoms with van der Waals surface area (Å²) in [6.07, 6.45) is 1.67. The van der Waals surface area contributed by atoms with E-state index in [0.717, 1.165) is 12.8 Å². The lowest BCUT2D eigenvalue weighted by Crippen LogP contribution is -2.33. The Morgan fingerprint density at radius 3 is 1.96 bits per heavy atom. The monoisotopic (exact) mass is 367 g/mol. The van der Waals surface area contributed by atoms with Crippen LogP contribution in [0, 0.1) is 0 Å². The highest BCUT2D eigenvalue weighted by molar-refractivity contribution is 6.00. The van der Waals surface area contributed by atoms with E-state index in [-0.39, 0.29) is 23.8 Å². The van der Waals surface area contributed by atoms with Crippen molar-refractivity contribution in [2.24, 2.45) is 0 Å². The fourth-order valence-electron chi connectivity index (χ4n) is 2.72. The van der Waals surface area contributed by atoms with Gasteiger partial charge in [-0.05, 0) is 43.5 Å². The van der Waals surface area contributed by atoms with Gasteiger partial charge in [0.2, 0.25) is 11.8 Å². The van der Waals surface area contributed by atoms with Crippen LogP contribution in [0.1, 0.15) is 43.1 Å². The first-order valence-corrected chi connectivity index (χ1v) is 8.88. The van der Waals surface area contributed by atoms with Gasteiger partial charge in [0.15, 0.2) is 0 Å². The highest BCUT2D eigenvalue weighted by Gasteiger charge is 2.13. The van der Waals surface area contributed by atoms with E-state index in [1.54, 1.807) is 18.2 Å². The van der Waals surface area contributed by atoms with Crippen LogP contribution in [0.4, 0.5) is 11.4 Å². The minimum Gasteiger partial charge on any atom is -0.350 e. The van der Waals surface area contributed by atoms with Gasteiger partial charge in [-0.2, -0.15) is 0 Å². The number of benzene rings is 2. The molecule has 0 aromatic heterocycles. The molecule has 0 heterocycles. The summed E-state index contributed by atoms with van der Waals surface area (Å²) in [5.41, 5.74) is 2.50. The second-order valence-electron chi connectivity index (χ2n) is 6.56. The smallest absolute Gasteiger partial charge is 0.251 e. The predicted octanol–water partition coefficient (Wildman–Crippen LogP) is 3.35. The first-order chi connectivity index (χ1) is 12.8. The van der Waals surface area contributed by atoms with Crippen molar-refractivity contribution in [3.05, 3.63) is 59.7 Å². The van der Waals surface area contributed by atoms with E-state index in [2.05, 4.69) is 28.1 Å². The Morgan fingerprint density at radius 2 is 1.44 bits per heavy atom. The van der Waals surface area contributed by atoms with Crippen LogP contribution in [-0.4, -0.2) is 23.8 Å². The average Bonchev–Trinajstić information content (AvgIpc) is 2.59. The summed E-state index contributed by atoms with van der Waals surface area (Å²) >= 11 is 0. The molecule has 6 heteroatoms. The molecule has 2 aromatic rings. The standard InChI is InChI=1S/C21H25N3O3/c1-14(9-10-17-7-5-4-6-8-17)22-21(27)18-11-19(23-15(2)25)13-20(12-18)24-16(3)26/h4-8,11-14H,9-10H2,1-3H3,(H,22,27)(H,23,25)(H,24,26). The number of carbonyl (C=O) groups excluding carboxylic acids is 3. The van der Waals surface area contributed by atoms with Gasteiger partial charge >= 0.3 is 0 Å². The fourth-order valence-corrected chi connectivity index (χ4v) is 2.72. The molecule has 0 saturated heterocycles. The summed E-state index contributed by atoms with van der Waals surface area (Å²) in [6.45, 7) is 4.72. The highest BCUT2D eigenvalue weighted by atomic mass is 16.2. The van der Waals surface area contributed by atoms with Crippen LogP contribution < -0.4 is 16.0 Å². The molecule has 0 aliphatic carbocycles. The molecule has 3 N–H and O–H groups in total. The minimum absolute atomic E-state index is 0.0219. The SMILES string of the molecule is CC(=O)Nc1cc(NC(C)=O)cc(C(=O)NC(C)CCc2ccccc2)c1. The number of hydrogen-bond acceptors (Lipinski definition) is 3. The van der Waals surface area contributed by atoms with Crippen LogP contribution >= 0.6 is 0 Å². The summed E-state index contributed by atoms with van der Waals surface area (Å²) in [6, 6.07) is 14.9. The van der Waals surface area contributed by atoms with E-state index in [4.69, 9.17) is 0 Å². The van der Waals surface area contributed by atoms with Crippen LogP contribution in [0.3, 0.4) is 0 Å². The van der Waals surface area contributed by atoms with Crippen molar-refractivity contribution in [2.75, 3.05) is 10.6 Å². The lowest BCUT2D eigenvalue weighted by Gasteiger charge is -2.15. The van der Waals surface area contributed by atoms with Crippen molar-refractivity contribution in [3.63, 3.8) is 0 Å². The quantitative estimate of drug-likeness (QED) is 0.701. The minimum atomic E-state index is -0.255. The molecule has 0 fully saturated rings. The number of aryl methyl sites for hydroxylation is 1. The first kappa shape index (κ1) is 20.2. The molecule has 6 nitrogen and oxygen atoms in total. The largest absolute Gasteiger partial charge is 0.350 e. The fraction of sp³-hybridized carbons (Fsp3) is 0.286. The molecule has 0 aliphatic rings. The molecule has 27 heavy (non-hydrogen) atoms. The van der Waals surface area contributed by atoms with Gasteiger partial charge in [-0.25, -0.2) is 0 Å². The Balaban J connectivity index is 2.06. The van der Waals surface area contributed by atoms with E-state index < -0.39 is 0 Å². The van der Waals surface area contributed by atoms with Crippen LogP contribution in [0.5, 0.6) is 0 Å². The second-order valence-corrected chi connectivity index (χ2v) is 6.56. The van der Waals surface area contributed by atoms with Gasteiger partial charge in [0.05, 0.1) is 0 Å². The maximum atomic E-state index is 12.6. The van der Waals surface area contributed by atoms with Crippen LogP contribution in [0.2, 0.25) is 0 Å².